The summed E-state index contributed by atoms with van der Waals surface area (Å²) in [5, 5.41) is 0. The third kappa shape index (κ3) is 38.4. The molecule has 0 N–H and O–H groups in total. The molecule has 0 heterocycles. The van der Waals surface area contributed by atoms with Gasteiger partial charge in [-0.2, -0.15) is 0 Å². The number of carbonyl (C=O) groups is 2. The van der Waals surface area contributed by atoms with E-state index in [2.05, 4.69) is 13.2 Å². The second-order valence-corrected chi connectivity index (χ2v) is 18.2. The lowest BCUT2D eigenvalue weighted by atomic mass is 10.3. The molecule has 0 saturated heterocycles. The normalized spacial score (nSPS) is 18.3. The summed E-state index contributed by atoms with van der Waals surface area (Å²) in [6.45, 7) is 42.9. The molecule has 0 radical (unpaired) electrons. The summed E-state index contributed by atoms with van der Waals surface area (Å²) in [6, 6.07) is 0. The largest absolute Gasteiger partial charge is 0.460 e. The third-order valence-electron chi connectivity index (χ3n) is 9.46. The van der Waals surface area contributed by atoms with Crippen molar-refractivity contribution in [3.8, 4) is 0 Å². The fourth-order valence-electron chi connectivity index (χ4n) is 5.16. The molecule has 0 fully saturated rings. The highest BCUT2D eigenvalue weighted by Crippen LogP contribution is 2.09. The van der Waals surface area contributed by atoms with Crippen LogP contribution in [0, 0.1) is 0 Å². The molecule has 17 heteroatoms. The van der Waals surface area contributed by atoms with Gasteiger partial charge in [-0.05, 0) is 111 Å². The summed E-state index contributed by atoms with van der Waals surface area (Å²) in [7, 11) is 0. The number of hydrogen-bond donors (Lipinski definition) is 0. The van der Waals surface area contributed by atoms with E-state index in [1.54, 1.807) is 20.8 Å². The van der Waals surface area contributed by atoms with Gasteiger partial charge in [0.2, 0.25) is 0 Å². The quantitative estimate of drug-likeness (QED) is 0.0457. The fourth-order valence-corrected chi connectivity index (χ4v) is 5.16. The molecule has 396 valence electrons. The van der Waals surface area contributed by atoms with Crippen molar-refractivity contribution in [1.82, 2.24) is 0 Å². The average Bonchev–Trinajstić information content (AvgIpc) is 3.28. The SMILES string of the molecule is C=C(C)C(=O)OCC(C)OCC(C)OCC(C)OCC(C)OCC(C)OCC(C)OCC(C)OCC(C)OCC(C)OCC(C)OCC(C)OCC(C)OCC(C)OCC(C)OC(=O)C(=C)C. The number of ether oxygens (including phenoxy) is 15. The van der Waals surface area contributed by atoms with Crippen LogP contribution in [-0.2, 0) is 80.6 Å². The molecular formula is C50H94O17. The Morgan fingerprint density at radius 3 is 0.582 bits per heavy atom. The Balaban J connectivity index is 4.02. The highest BCUT2D eigenvalue weighted by atomic mass is 16.6. The van der Waals surface area contributed by atoms with E-state index in [-0.39, 0.29) is 98.7 Å². The Labute approximate surface area is 404 Å². The predicted molar refractivity (Wildman–Crippen MR) is 257 cm³/mol. The monoisotopic (exact) mass is 967 g/mol. The van der Waals surface area contributed by atoms with Gasteiger partial charge in [-0.25, -0.2) is 9.59 Å². The van der Waals surface area contributed by atoms with Crippen molar-refractivity contribution in [3.05, 3.63) is 24.3 Å². The van der Waals surface area contributed by atoms with Crippen LogP contribution in [0.15, 0.2) is 24.3 Å². The van der Waals surface area contributed by atoms with Crippen LogP contribution in [0.1, 0.15) is 111 Å². The summed E-state index contributed by atoms with van der Waals surface area (Å²) >= 11 is 0. The van der Waals surface area contributed by atoms with Crippen LogP contribution in [0.5, 0.6) is 0 Å². The van der Waals surface area contributed by atoms with Gasteiger partial charge in [0, 0.05) is 11.1 Å². The Bertz CT molecular complexity index is 1290. The minimum absolute atomic E-state index is 0.118. The molecule has 0 saturated carbocycles. The molecule has 0 aromatic carbocycles. The molecule has 17 nitrogen and oxygen atoms in total. The van der Waals surface area contributed by atoms with Crippen LogP contribution in [-0.4, -0.2) is 190 Å². The van der Waals surface area contributed by atoms with Crippen LogP contribution in [0.2, 0.25) is 0 Å². The summed E-state index contributed by atoms with van der Waals surface area (Å²) < 4.78 is 87.1. The van der Waals surface area contributed by atoms with Crippen molar-refractivity contribution in [1.29, 1.82) is 0 Å². The minimum atomic E-state index is -0.426. The zero-order valence-electron chi connectivity index (χ0n) is 44.3. The molecule has 0 bridgehead atoms. The smallest absolute Gasteiger partial charge is 0.333 e. The van der Waals surface area contributed by atoms with Gasteiger partial charge >= 0.3 is 11.9 Å². The number of rotatable bonds is 44. The van der Waals surface area contributed by atoms with Gasteiger partial charge in [0.05, 0.1) is 165 Å². The molecule has 0 amide bonds. The Kier molecular flexibility index (Phi) is 37.4. The maximum absolute atomic E-state index is 11.6. The molecule has 0 aromatic heterocycles. The van der Waals surface area contributed by atoms with Gasteiger partial charge in [-0.1, -0.05) is 13.2 Å². The first-order chi connectivity index (χ1) is 31.5. The zero-order valence-corrected chi connectivity index (χ0v) is 44.3. The van der Waals surface area contributed by atoms with Crippen LogP contribution < -0.4 is 0 Å². The maximum Gasteiger partial charge on any atom is 0.333 e. The molecule has 0 aliphatic carbocycles. The second kappa shape index (κ2) is 38.6. The molecule has 0 aliphatic rings. The summed E-state index contributed by atoms with van der Waals surface area (Å²) in [6.07, 6.45) is -2.15. The number of carbonyl (C=O) groups excluding carboxylic acids is 2. The van der Waals surface area contributed by atoms with Gasteiger partial charge in [0.1, 0.15) is 12.7 Å². The lowest BCUT2D eigenvalue weighted by Crippen LogP contribution is -2.31. The second-order valence-electron chi connectivity index (χ2n) is 18.2. The average molecular weight is 967 g/mol. The van der Waals surface area contributed by atoms with Crippen LogP contribution in [0.4, 0.5) is 0 Å². The van der Waals surface area contributed by atoms with Gasteiger partial charge in [0.15, 0.2) is 0 Å². The lowest BCUT2D eigenvalue weighted by Gasteiger charge is -2.23. The highest BCUT2D eigenvalue weighted by Gasteiger charge is 2.18. The van der Waals surface area contributed by atoms with Gasteiger partial charge in [-0.15, -0.1) is 0 Å². The predicted octanol–water partition coefficient (Wildman–Crippen LogP) is 6.88. The lowest BCUT2D eigenvalue weighted by molar-refractivity contribution is -0.148. The minimum Gasteiger partial charge on any atom is -0.460 e. The van der Waals surface area contributed by atoms with Crippen molar-refractivity contribution >= 4 is 11.9 Å². The van der Waals surface area contributed by atoms with Crippen molar-refractivity contribution in [2.75, 3.05) is 92.5 Å². The van der Waals surface area contributed by atoms with E-state index in [1.165, 1.54) is 0 Å². The van der Waals surface area contributed by atoms with Crippen LogP contribution >= 0.6 is 0 Å². The molecule has 67 heavy (non-hydrogen) atoms. The van der Waals surface area contributed by atoms with Crippen molar-refractivity contribution in [2.24, 2.45) is 0 Å². The Morgan fingerprint density at radius 1 is 0.269 bits per heavy atom. The third-order valence-corrected chi connectivity index (χ3v) is 9.46. The topological polar surface area (TPSA) is 173 Å². The number of esters is 2. The standard InChI is InChI=1S/C50H94O17/c1-33(2)49(51)66-31-47(17)64-29-45(15)62-27-43(13)60-25-41(11)58-23-39(9)56-21-37(7)54-19-35(5)53-20-36(6)55-22-38(8)57-24-40(10)59-26-42(12)61-28-44(14)63-30-46(16)65-32-48(18)67-50(52)34(3)4/h35-48H,1,3,19-32H2,2,4-18H3. The van der Waals surface area contributed by atoms with Crippen molar-refractivity contribution in [3.63, 3.8) is 0 Å². The maximum atomic E-state index is 11.6. The molecule has 0 aromatic rings. The molecule has 14 atom stereocenters. The van der Waals surface area contributed by atoms with Gasteiger partial charge < -0.3 is 71.1 Å². The van der Waals surface area contributed by atoms with E-state index in [0.717, 1.165) is 0 Å². The van der Waals surface area contributed by atoms with Crippen LogP contribution in [0.25, 0.3) is 0 Å². The highest BCUT2D eigenvalue weighted by molar-refractivity contribution is 5.87. The first-order valence-electron chi connectivity index (χ1n) is 24.2. The Morgan fingerprint density at radius 2 is 0.418 bits per heavy atom. The number of hydrogen-bond acceptors (Lipinski definition) is 17. The Hall–Kier alpha value is -2.10. The molecule has 14 unspecified atom stereocenters. The summed E-state index contributed by atoms with van der Waals surface area (Å²) in [4.78, 5) is 23.2. The van der Waals surface area contributed by atoms with E-state index < -0.39 is 11.9 Å². The molecule has 0 aliphatic heterocycles. The van der Waals surface area contributed by atoms with E-state index in [4.69, 9.17) is 71.1 Å². The summed E-state index contributed by atoms with van der Waals surface area (Å²) in [5.74, 6) is -0.853. The van der Waals surface area contributed by atoms with E-state index in [1.807, 2.05) is 90.0 Å². The molecular weight excluding hydrogens is 873 g/mol. The van der Waals surface area contributed by atoms with E-state index in [9.17, 15) is 9.59 Å². The van der Waals surface area contributed by atoms with Crippen LogP contribution in [0.3, 0.4) is 0 Å². The van der Waals surface area contributed by atoms with Gasteiger partial charge in [-0.3, -0.25) is 0 Å². The van der Waals surface area contributed by atoms with Gasteiger partial charge in [0.25, 0.3) is 0 Å². The summed E-state index contributed by atoms with van der Waals surface area (Å²) in [5.41, 5.74) is 0.714. The molecule has 0 spiro atoms. The molecule has 0 rings (SSSR count). The first-order valence-corrected chi connectivity index (χ1v) is 24.2. The first kappa shape index (κ1) is 64.9. The van der Waals surface area contributed by atoms with E-state index >= 15 is 0 Å². The van der Waals surface area contributed by atoms with Crippen molar-refractivity contribution in [2.45, 2.75) is 196 Å². The van der Waals surface area contributed by atoms with E-state index in [0.29, 0.717) is 90.4 Å². The fraction of sp³-hybridized carbons (Fsp3) is 0.880. The zero-order chi connectivity index (χ0) is 50.9. The van der Waals surface area contributed by atoms with Crippen molar-refractivity contribution < 1.29 is 80.6 Å².